The predicted octanol–water partition coefficient (Wildman–Crippen LogP) is 2.05. The van der Waals surface area contributed by atoms with Gasteiger partial charge in [0.15, 0.2) is 0 Å². The first-order valence-corrected chi connectivity index (χ1v) is 6.65. The fraction of sp³-hybridized carbons (Fsp3) is 0.615. The minimum Gasteiger partial charge on any atom is -0.479 e. The van der Waals surface area contributed by atoms with Gasteiger partial charge in [-0.25, -0.2) is 4.79 Å². The first kappa shape index (κ1) is 16.9. The van der Waals surface area contributed by atoms with Crippen molar-refractivity contribution in [2.24, 2.45) is 0 Å². The molecule has 0 saturated carbocycles. The topological polar surface area (TPSA) is 67.8 Å². The molecular weight excluding hydrogens is 302 g/mol. The molecular formula is C13H17BF3NO4. The fourth-order valence-electron chi connectivity index (χ4n) is 2.14. The summed E-state index contributed by atoms with van der Waals surface area (Å²) in [5.74, 6) is -2.04. The van der Waals surface area contributed by atoms with Crippen LogP contribution in [0.2, 0.25) is 0 Å². The molecule has 0 radical (unpaired) electrons. The maximum Gasteiger partial charge on any atom is 0.494 e. The molecule has 0 aromatic rings. The minimum absolute atomic E-state index is 0.0112. The number of hydrogen-bond donors (Lipinski definition) is 2. The number of halogens is 3. The normalized spacial score (nSPS) is 30.0. The highest BCUT2D eigenvalue weighted by atomic mass is 19.4. The Hall–Kier alpha value is -1.48. The van der Waals surface area contributed by atoms with Crippen molar-refractivity contribution in [1.29, 1.82) is 0 Å². The van der Waals surface area contributed by atoms with Crippen molar-refractivity contribution < 1.29 is 32.4 Å². The smallest absolute Gasteiger partial charge is 0.479 e. The lowest BCUT2D eigenvalue weighted by Gasteiger charge is -2.32. The van der Waals surface area contributed by atoms with Gasteiger partial charge in [-0.1, -0.05) is 0 Å². The molecule has 0 amide bonds. The summed E-state index contributed by atoms with van der Waals surface area (Å²) in [7, 11) is -1.07. The molecule has 2 N–H and O–H groups in total. The molecule has 2 aliphatic rings. The van der Waals surface area contributed by atoms with Crippen LogP contribution in [0.3, 0.4) is 0 Å². The molecule has 0 spiro atoms. The van der Waals surface area contributed by atoms with Gasteiger partial charge in [0.05, 0.1) is 11.2 Å². The van der Waals surface area contributed by atoms with E-state index in [1.165, 1.54) is 6.08 Å². The Morgan fingerprint density at radius 2 is 1.73 bits per heavy atom. The second kappa shape index (κ2) is 4.76. The molecule has 0 bridgehead atoms. The predicted molar refractivity (Wildman–Crippen MR) is 72.9 cm³/mol. The summed E-state index contributed by atoms with van der Waals surface area (Å²) in [5.41, 5.74) is -4.65. The summed E-state index contributed by atoms with van der Waals surface area (Å²) in [5, 5.41) is 10.9. The van der Waals surface area contributed by atoms with Gasteiger partial charge in [-0.2, -0.15) is 13.2 Å². The number of alkyl halides is 3. The molecule has 0 aliphatic carbocycles. The number of dihydropyridines is 1. The van der Waals surface area contributed by atoms with Crippen LogP contribution in [0.25, 0.3) is 0 Å². The number of carboxylic acids is 1. The standard InChI is InChI=1S/C13H17BF3NO4/c1-10(2)11(3,4)22-14(21-10)8-5-6-18-12(7-8,9(19)20)13(15,16)17/h5-7,18H,1-4H3,(H,19,20). The van der Waals surface area contributed by atoms with E-state index in [4.69, 9.17) is 14.4 Å². The number of nitrogens with one attached hydrogen (secondary N) is 1. The van der Waals surface area contributed by atoms with Gasteiger partial charge >= 0.3 is 19.3 Å². The number of rotatable bonds is 2. The van der Waals surface area contributed by atoms with Crippen LogP contribution >= 0.6 is 0 Å². The summed E-state index contributed by atoms with van der Waals surface area (Å²) in [4.78, 5) is 11.2. The second-order valence-corrected chi connectivity index (χ2v) is 6.32. The van der Waals surface area contributed by atoms with Gasteiger partial charge in [0.1, 0.15) is 0 Å². The van der Waals surface area contributed by atoms with Crippen molar-refractivity contribution in [2.45, 2.75) is 50.6 Å². The van der Waals surface area contributed by atoms with Crippen LogP contribution in [0.1, 0.15) is 27.7 Å². The van der Waals surface area contributed by atoms with Crippen molar-refractivity contribution in [2.75, 3.05) is 0 Å². The Morgan fingerprint density at radius 3 is 2.14 bits per heavy atom. The Labute approximate surface area is 126 Å². The van der Waals surface area contributed by atoms with E-state index in [0.717, 1.165) is 6.20 Å². The van der Waals surface area contributed by atoms with Gasteiger partial charge in [-0.3, -0.25) is 0 Å². The largest absolute Gasteiger partial charge is 0.494 e. The molecule has 22 heavy (non-hydrogen) atoms. The van der Waals surface area contributed by atoms with Crippen LogP contribution in [-0.4, -0.2) is 41.1 Å². The van der Waals surface area contributed by atoms with Crippen molar-refractivity contribution >= 4 is 13.1 Å². The van der Waals surface area contributed by atoms with Crippen LogP contribution in [0, 0.1) is 0 Å². The summed E-state index contributed by atoms with van der Waals surface area (Å²) in [6.45, 7) is 7.03. The number of carboxylic acid groups (broad SMARTS) is 1. The summed E-state index contributed by atoms with van der Waals surface area (Å²) >= 11 is 0. The maximum atomic E-state index is 13.2. The van der Waals surface area contributed by atoms with Crippen LogP contribution < -0.4 is 5.32 Å². The highest BCUT2D eigenvalue weighted by Gasteiger charge is 2.61. The summed E-state index contributed by atoms with van der Waals surface area (Å²) in [6.07, 6.45) is -2.16. The van der Waals surface area contributed by atoms with E-state index in [2.05, 4.69) is 0 Å². The van der Waals surface area contributed by atoms with Crippen LogP contribution in [0.4, 0.5) is 13.2 Å². The number of hydrogen-bond acceptors (Lipinski definition) is 4. The SMILES string of the molecule is CC1(C)OB(C2=CC(C(=O)O)(C(F)(F)F)NC=C2)OC1(C)C. The van der Waals surface area contributed by atoms with E-state index in [-0.39, 0.29) is 5.47 Å². The first-order chi connectivity index (χ1) is 9.82. The lowest BCUT2D eigenvalue weighted by molar-refractivity contribution is -0.196. The fourth-order valence-corrected chi connectivity index (χ4v) is 2.14. The quantitative estimate of drug-likeness (QED) is 0.763. The van der Waals surface area contributed by atoms with Gasteiger partial charge in [0.2, 0.25) is 5.54 Å². The Bertz CT molecular complexity index is 540. The molecule has 122 valence electrons. The molecule has 0 aromatic heterocycles. The molecule has 2 aliphatic heterocycles. The maximum absolute atomic E-state index is 13.2. The number of aliphatic carboxylic acids is 1. The van der Waals surface area contributed by atoms with Gasteiger partial charge in [-0.05, 0) is 51.5 Å². The molecule has 1 atom stereocenters. The van der Waals surface area contributed by atoms with E-state index < -0.39 is 36.0 Å². The molecule has 2 heterocycles. The summed E-state index contributed by atoms with van der Waals surface area (Å²) in [6, 6.07) is 0. The molecule has 1 saturated heterocycles. The highest BCUT2D eigenvalue weighted by molar-refractivity contribution is 6.55. The second-order valence-electron chi connectivity index (χ2n) is 6.32. The molecule has 1 unspecified atom stereocenters. The third-order valence-electron chi connectivity index (χ3n) is 4.28. The van der Waals surface area contributed by atoms with Crippen molar-refractivity contribution in [3.05, 3.63) is 23.8 Å². The third kappa shape index (κ3) is 2.42. The van der Waals surface area contributed by atoms with Gasteiger partial charge in [0, 0.05) is 0 Å². The Kier molecular flexibility index (Phi) is 3.65. The average molecular weight is 319 g/mol. The van der Waals surface area contributed by atoms with Crippen LogP contribution in [-0.2, 0) is 14.1 Å². The first-order valence-electron chi connectivity index (χ1n) is 6.65. The lowest BCUT2D eigenvalue weighted by atomic mass is 9.73. The average Bonchev–Trinajstić information content (AvgIpc) is 2.57. The zero-order valence-corrected chi connectivity index (χ0v) is 12.6. The molecule has 9 heteroatoms. The van der Waals surface area contributed by atoms with Crippen molar-refractivity contribution in [1.82, 2.24) is 5.32 Å². The summed E-state index contributed by atoms with van der Waals surface area (Å²) < 4.78 is 50.9. The van der Waals surface area contributed by atoms with Gasteiger partial charge in [0.25, 0.3) is 0 Å². The zero-order valence-electron chi connectivity index (χ0n) is 12.6. The third-order valence-corrected chi connectivity index (χ3v) is 4.28. The van der Waals surface area contributed by atoms with Crippen molar-refractivity contribution in [3.63, 3.8) is 0 Å². The van der Waals surface area contributed by atoms with E-state index in [0.29, 0.717) is 6.08 Å². The monoisotopic (exact) mass is 319 g/mol. The number of allylic oxidation sites excluding steroid dienone is 2. The zero-order chi connectivity index (χ0) is 17.0. The molecule has 0 aromatic carbocycles. The molecule has 2 rings (SSSR count). The Balaban J connectivity index is 2.41. The number of carbonyl (C=O) groups is 1. The van der Waals surface area contributed by atoms with Gasteiger partial charge in [-0.15, -0.1) is 0 Å². The molecule has 5 nitrogen and oxygen atoms in total. The van der Waals surface area contributed by atoms with E-state index in [9.17, 15) is 18.0 Å². The van der Waals surface area contributed by atoms with E-state index in [1.807, 2.05) is 5.32 Å². The highest BCUT2D eigenvalue weighted by Crippen LogP contribution is 2.41. The molecule has 1 fully saturated rings. The van der Waals surface area contributed by atoms with E-state index in [1.54, 1.807) is 27.7 Å². The van der Waals surface area contributed by atoms with E-state index >= 15 is 0 Å². The van der Waals surface area contributed by atoms with Crippen LogP contribution in [0.15, 0.2) is 23.8 Å². The minimum atomic E-state index is -5.02. The Morgan fingerprint density at radius 1 is 1.23 bits per heavy atom. The van der Waals surface area contributed by atoms with Crippen molar-refractivity contribution in [3.8, 4) is 0 Å². The van der Waals surface area contributed by atoms with Gasteiger partial charge < -0.3 is 19.7 Å². The lowest BCUT2D eigenvalue weighted by Crippen LogP contribution is -2.60. The van der Waals surface area contributed by atoms with Crippen LogP contribution in [0.5, 0.6) is 0 Å².